The predicted molar refractivity (Wildman–Crippen MR) is 436 cm³/mol. The summed E-state index contributed by atoms with van der Waals surface area (Å²) >= 11 is 0. The fourth-order valence-corrected chi connectivity index (χ4v) is 18.4. The minimum atomic E-state index is -3.33. The van der Waals surface area contributed by atoms with Crippen LogP contribution in [0.4, 0.5) is 0 Å². The smallest absolute Gasteiger partial charge is 0.364 e. The highest BCUT2D eigenvalue weighted by Gasteiger charge is 2.65. The van der Waals surface area contributed by atoms with Crippen molar-refractivity contribution in [1.29, 1.82) is 0 Å². The molecule has 0 bridgehead atoms. The van der Waals surface area contributed by atoms with Gasteiger partial charge in [-0.2, -0.15) is 0 Å². The SMILES string of the molecule is CC(=O)N[C@@H]1[C@H](O[C@@H]2[C@@H](O[C@@H]3[C@H](O)[C@H](O[C@H]4[C@H](O)[C@@H](NC(C)=O)[C@H](O[C@H]5[C@H](O)[C@@H](NC(C)=O)C(O)O[C@@H]5CO[C@@H]5O[C@@H](C)[C@@H](O)[C@@H](O)[C@@H]5O)O[C@@H]4CO)O[C@H](CO[C@H]4O[C@H](CO)[C@@H](O)[C@H](O)[C@@H]4O[C@@H]4O[C@H](CO)[C@@H](O[C@@H]5O[C@H](CO)[C@H](O)[C@H](O[C@]6(C(=O)O)C[C@H](O)[C@@H](NC(C)=O)[C@H]([C@H](O)[C@H](O)CO)O6)[C@H]5O)[C@H](O)[C@H]4NC(C)=O)[C@H]3O)O[C@H](CO)[C@@H](O)[C@@H]2O)O[C@H](CO)[C@@H](O[C@@H]2O[C@H](CO)[C@H](O)[C@H](O)[C@H]2O)[C@@H]1O. The lowest BCUT2D eigenvalue weighted by Crippen LogP contribution is -2.71. The number of carbonyl (C=O) groups excluding carboxylic acids is 5. The van der Waals surface area contributed by atoms with Gasteiger partial charge in [0.25, 0.3) is 5.79 Å². The Bertz CT molecular complexity index is 4010. The minimum absolute atomic E-state index is 0.857. The number of aliphatic carboxylic acids is 1. The molecule has 0 aromatic carbocycles. The molecule has 36 N–H and O–H groups in total. The molecule has 142 heavy (non-hydrogen) atoms. The van der Waals surface area contributed by atoms with Crippen LogP contribution in [-0.2, 0) is 128 Å². The first kappa shape index (κ1) is 117. The Hall–Kier alpha value is -5.22. The Morgan fingerprint density at radius 3 is 1.06 bits per heavy atom. The van der Waals surface area contributed by atoms with E-state index in [1.165, 1.54) is 6.92 Å². The number of hydrogen-bond donors (Lipinski definition) is 36. The Balaban J connectivity index is 0.914. The third-order valence-electron chi connectivity index (χ3n) is 25.9. The van der Waals surface area contributed by atoms with Crippen molar-refractivity contribution in [1.82, 2.24) is 26.6 Å². The Morgan fingerprint density at radius 1 is 0.303 bits per heavy atom. The van der Waals surface area contributed by atoms with Gasteiger partial charge in [0.15, 0.2) is 62.9 Å². The zero-order valence-electron chi connectivity index (χ0n) is 76.4. The van der Waals surface area contributed by atoms with Crippen molar-refractivity contribution in [3.63, 3.8) is 0 Å². The fraction of sp³-hybridized carbons (Fsp3) is 0.924. The number of rotatable bonds is 38. The summed E-state index contributed by atoms with van der Waals surface area (Å²) in [6, 6.07) is -9.81. The highest BCUT2D eigenvalue weighted by Crippen LogP contribution is 2.44. The van der Waals surface area contributed by atoms with Crippen molar-refractivity contribution >= 4 is 35.5 Å². The molecule has 820 valence electrons. The molecule has 5 amide bonds. The van der Waals surface area contributed by atoms with Gasteiger partial charge in [-0.25, -0.2) is 4.79 Å². The van der Waals surface area contributed by atoms with E-state index in [1.807, 2.05) is 0 Å². The van der Waals surface area contributed by atoms with Gasteiger partial charge in [-0.3, -0.25) is 24.0 Å². The van der Waals surface area contributed by atoms with Crippen molar-refractivity contribution < 1.29 is 287 Å². The zero-order valence-corrected chi connectivity index (χ0v) is 76.4. The molecule has 0 radical (unpaired) electrons. The number of nitrogens with one attached hydrogen (secondary N) is 5. The molecule has 11 aliphatic rings. The molecule has 11 rings (SSSR count). The monoisotopic (exact) mass is 2080 g/mol. The summed E-state index contributed by atoms with van der Waals surface area (Å²) in [7, 11) is 0. The van der Waals surface area contributed by atoms with Crippen molar-refractivity contribution in [3.8, 4) is 0 Å². The average molecular weight is 2080 g/mol. The highest BCUT2D eigenvalue weighted by atomic mass is 16.8. The minimum Gasteiger partial charge on any atom is -0.477 e. The second-order valence-electron chi connectivity index (χ2n) is 36.0. The van der Waals surface area contributed by atoms with Gasteiger partial charge in [0, 0.05) is 41.0 Å². The molecule has 11 fully saturated rings. The third kappa shape index (κ3) is 25.8. The summed E-state index contributed by atoms with van der Waals surface area (Å²) in [5, 5.41) is 361. The second-order valence-corrected chi connectivity index (χ2v) is 36.0. The van der Waals surface area contributed by atoms with E-state index in [4.69, 9.17) is 99.5 Å². The van der Waals surface area contributed by atoms with Crippen LogP contribution in [0.3, 0.4) is 0 Å². The number of carboxylic acid groups (broad SMARTS) is 1. The van der Waals surface area contributed by atoms with Gasteiger partial charge in [0.1, 0.15) is 256 Å². The van der Waals surface area contributed by atoms with E-state index < -0.39 is 451 Å². The van der Waals surface area contributed by atoms with Crippen LogP contribution < -0.4 is 26.6 Å². The normalized spacial score (nSPS) is 48.0. The summed E-state index contributed by atoms with van der Waals surface area (Å²) in [5.41, 5.74) is 0. The summed E-state index contributed by atoms with van der Waals surface area (Å²) in [4.78, 5) is 77.9. The van der Waals surface area contributed by atoms with Gasteiger partial charge in [-0.15, -0.1) is 0 Å². The Morgan fingerprint density at radius 2 is 0.620 bits per heavy atom. The van der Waals surface area contributed by atoms with E-state index >= 15 is 0 Å². The second kappa shape index (κ2) is 50.6. The van der Waals surface area contributed by atoms with Gasteiger partial charge in [0.2, 0.25) is 29.5 Å². The Kier molecular flexibility index (Phi) is 41.7. The van der Waals surface area contributed by atoms with Crippen LogP contribution in [0.2, 0.25) is 0 Å². The van der Waals surface area contributed by atoms with Crippen LogP contribution in [0.1, 0.15) is 48.0 Å². The summed E-state index contributed by atoms with van der Waals surface area (Å²) in [6.45, 7) is -6.14. The number of ether oxygens (including phenoxy) is 21. The fourth-order valence-electron chi connectivity index (χ4n) is 18.4. The molecular weight excluding hydrogens is 1950 g/mol. The van der Waals surface area contributed by atoms with Gasteiger partial charge in [-0.05, 0) is 6.92 Å². The summed E-state index contributed by atoms with van der Waals surface area (Å²) in [6.07, 6.45) is -111. The summed E-state index contributed by atoms with van der Waals surface area (Å²) < 4.78 is 125. The number of carbonyl (C=O) groups is 6. The number of carboxylic acids is 1. The van der Waals surface area contributed by atoms with E-state index in [0.717, 1.165) is 34.6 Å². The first-order chi connectivity index (χ1) is 67.0. The van der Waals surface area contributed by atoms with E-state index in [-0.39, 0.29) is 0 Å². The molecule has 0 saturated carbocycles. The first-order valence-corrected chi connectivity index (χ1v) is 45.1. The molecule has 0 aromatic heterocycles. The maximum absolute atomic E-state index is 13.4. The van der Waals surface area contributed by atoms with Crippen LogP contribution in [0.5, 0.6) is 0 Å². The first-order valence-electron chi connectivity index (χ1n) is 45.1. The van der Waals surface area contributed by atoms with Crippen LogP contribution in [0, 0.1) is 0 Å². The average Bonchev–Trinajstić information content (AvgIpc) is 0.760. The molecule has 1 unspecified atom stereocenters. The van der Waals surface area contributed by atoms with E-state index in [9.17, 15) is 187 Å². The number of aliphatic hydroxyl groups excluding tert-OH is 30. The summed E-state index contributed by atoms with van der Waals surface area (Å²) in [5.74, 6) is -10.4. The van der Waals surface area contributed by atoms with Gasteiger partial charge in [-0.1, -0.05) is 0 Å². The highest BCUT2D eigenvalue weighted by molar-refractivity contribution is 5.77. The standard InChI is InChI=1S/C79H131N5O58/c1-18-40(100)51(111)55(115)72(124-18)122-17-34-62(47(107)36(68(119)125-34)81-20(3)94)134-69-37(82-21(4)95)48(108)60(31(14-91)130-69)136-74-57(117)64(138-77-67(54(114)44(104)28(11-88)129-77)140-71-39(84-23(6)97)49(109)59(30(13-90)132-71)135-73-56(116)52(112)42(102)26(9-86)126-73)46(106)33(133-74)16-123-76-66(53(113)43(103)27(10-87)128-76)139-70-38(83-22(5)96)50(110)61(32(15-92)131-70)137-75-58(118)65(45(105)29(12-89)127-75)142-79(78(120)121)7-24(98)35(80-19(2)93)63(141-79)41(101)25(99)8-85/h18,24-77,85-92,98-119H,7-17H2,1-6H3,(H,80,93)(H,81,94)(H,82,95)(H,83,96)(H,84,97)(H,120,121)/t18-,24-,25+,26+,27+,28+,29+,30+,31+,32+,33+,34+,35+,36+,37+,38+,39-,40+,41+,42-,43+,44+,45-,46+,47+,48+,49+,50+,51+,52-,53-,54-,55-,56+,57-,58+,59+,60+,61+,62+,63+,64-,65-,66-,67-,68?,69-,70-,71-,72+,73-,74-,75-,76-,77+,79-/m0/s1. The molecule has 11 aliphatic heterocycles. The van der Waals surface area contributed by atoms with Crippen molar-refractivity contribution in [3.05, 3.63) is 0 Å². The molecule has 56 atom stereocenters. The van der Waals surface area contributed by atoms with Gasteiger partial charge < -0.3 is 284 Å². The number of hydrogen-bond acceptors (Lipinski definition) is 57. The quantitative estimate of drug-likeness (QED) is 0.0273. The zero-order chi connectivity index (χ0) is 105. The maximum atomic E-state index is 13.4. The molecule has 0 aliphatic carbocycles. The number of amides is 5. The van der Waals surface area contributed by atoms with Gasteiger partial charge >= 0.3 is 5.97 Å². The number of aliphatic hydroxyl groups is 30. The van der Waals surface area contributed by atoms with Crippen LogP contribution >= 0.6 is 0 Å². The van der Waals surface area contributed by atoms with E-state index in [1.54, 1.807) is 0 Å². The predicted octanol–water partition coefficient (Wildman–Crippen LogP) is -24.0. The third-order valence-corrected chi connectivity index (χ3v) is 25.9. The lowest BCUT2D eigenvalue weighted by atomic mass is 9.88. The largest absolute Gasteiger partial charge is 0.477 e. The topological polar surface area (TPSA) is 984 Å². The molecule has 63 nitrogen and oxygen atoms in total. The van der Waals surface area contributed by atoms with Crippen molar-refractivity contribution in [2.45, 2.75) is 391 Å². The Labute approximate surface area is 803 Å². The van der Waals surface area contributed by atoms with E-state index in [2.05, 4.69) is 26.6 Å². The van der Waals surface area contributed by atoms with Gasteiger partial charge in [0.05, 0.1) is 84.3 Å². The van der Waals surface area contributed by atoms with Crippen LogP contribution in [0.15, 0.2) is 0 Å². The van der Waals surface area contributed by atoms with E-state index in [0.29, 0.717) is 0 Å². The lowest BCUT2D eigenvalue weighted by Gasteiger charge is -2.51. The molecule has 0 aromatic rings. The maximum Gasteiger partial charge on any atom is 0.364 e. The molecule has 11 heterocycles. The lowest BCUT2D eigenvalue weighted by molar-refractivity contribution is -0.399. The van der Waals surface area contributed by atoms with Crippen molar-refractivity contribution in [2.24, 2.45) is 0 Å². The van der Waals surface area contributed by atoms with Crippen LogP contribution in [0.25, 0.3) is 0 Å². The molecule has 63 heteroatoms. The molecule has 11 saturated heterocycles. The van der Waals surface area contributed by atoms with Crippen LogP contribution in [-0.4, -0.2) is 603 Å². The van der Waals surface area contributed by atoms with Crippen molar-refractivity contribution in [2.75, 3.05) is 66.1 Å². The molecular formula is C79H131N5O58. The molecule has 0 spiro atoms.